The summed E-state index contributed by atoms with van der Waals surface area (Å²) < 4.78 is 0. The smallest absolute Gasteiger partial charge is 0.315 e. The molecule has 7 heteroatoms. The van der Waals surface area contributed by atoms with Gasteiger partial charge in [0.2, 0.25) is 0 Å². The fourth-order valence-corrected chi connectivity index (χ4v) is 0.446. The van der Waals surface area contributed by atoms with Crippen LogP contribution in [0.3, 0.4) is 0 Å². The molecular formula is C4H7N3O4. The number of hydrogen-bond donors (Lipinski definition) is 3. The lowest BCUT2D eigenvalue weighted by Gasteiger charge is -2.09. The van der Waals surface area contributed by atoms with Crippen LogP contribution in [0, 0.1) is 0 Å². The predicted molar refractivity (Wildman–Crippen MR) is 33.7 cm³/mol. The summed E-state index contributed by atoms with van der Waals surface area (Å²) in [5, 5.41) is 28.0. The van der Waals surface area contributed by atoms with Crippen LogP contribution in [-0.2, 0) is 4.79 Å². The van der Waals surface area contributed by atoms with Crippen LogP contribution in [0.2, 0.25) is 0 Å². The molecule has 0 amide bonds. The number of rotatable bonds is 4. The average molecular weight is 161 g/mol. The Bertz CT molecular complexity index is 186. The molecule has 7 nitrogen and oxygen atoms in total. The number of carbonyl (C=O) groups is 1. The van der Waals surface area contributed by atoms with E-state index in [2.05, 4.69) is 10.0 Å². The average Bonchev–Trinajstić information content (AvgIpc) is 1.98. The molecular weight excluding hydrogens is 154 g/mol. The topological polar surface area (TPSA) is 127 Å². The summed E-state index contributed by atoms with van der Waals surface area (Å²) >= 11 is 0. The molecule has 3 N–H and O–H groups in total. The van der Waals surface area contributed by atoms with E-state index < -0.39 is 24.7 Å². The van der Waals surface area contributed by atoms with Gasteiger partial charge in [0.25, 0.3) is 0 Å². The van der Waals surface area contributed by atoms with Gasteiger partial charge in [-0.15, -0.1) is 0 Å². The molecule has 0 aliphatic carbocycles. The normalized spacial score (nSPS) is 14.7. The van der Waals surface area contributed by atoms with E-state index in [1.165, 1.54) is 0 Å². The van der Waals surface area contributed by atoms with E-state index in [1.54, 1.807) is 0 Å². The third-order valence-electron chi connectivity index (χ3n) is 0.981. The van der Waals surface area contributed by atoms with Gasteiger partial charge in [0.1, 0.15) is 0 Å². The molecule has 0 unspecified atom stereocenters. The summed E-state index contributed by atoms with van der Waals surface area (Å²) in [6.45, 7) is -0.754. The molecule has 0 fully saturated rings. The minimum absolute atomic E-state index is 0.754. The van der Waals surface area contributed by atoms with E-state index in [1.807, 2.05) is 0 Å². The van der Waals surface area contributed by atoms with Gasteiger partial charge >= 0.3 is 5.97 Å². The van der Waals surface area contributed by atoms with Crippen molar-refractivity contribution in [1.82, 2.24) is 0 Å². The number of aliphatic hydroxyl groups excluding tert-OH is 2. The van der Waals surface area contributed by atoms with Gasteiger partial charge in [0.15, 0.2) is 6.04 Å². The van der Waals surface area contributed by atoms with Gasteiger partial charge in [-0.05, 0) is 5.53 Å². The van der Waals surface area contributed by atoms with Crippen LogP contribution >= 0.6 is 0 Å². The second kappa shape index (κ2) is 4.51. The lowest BCUT2D eigenvalue weighted by Crippen LogP contribution is -2.34. The van der Waals surface area contributed by atoms with Crippen molar-refractivity contribution in [1.29, 1.82) is 0 Å². The minimum Gasteiger partial charge on any atom is -0.481 e. The summed E-state index contributed by atoms with van der Waals surface area (Å²) in [4.78, 5) is 12.4. The Balaban J connectivity index is 4.32. The van der Waals surface area contributed by atoms with Crippen molar-refractivity contribution in [3.05, 3.63) is 10.4 Å². The van der Waals surface area contributed by atoms with E-state index in [-0.39, 0.29) is 0 Å². The van der Waals surface area contributed by atoms with Crippen LogP contribution in [0.25, 0.3) is 10.4 Å². The SMILES string of the molecule is [N-]=[N+]=N[C@H](C(=O)O)[C@H](O)CO. The number of hydrogen-bond acceptors (Lipinski definition) is 4. The largest absolute Gasteiger partial charge is 0.481 e. The lowest BCUT2D eigenvalue weighted by atomic mass is 10.2. The lowest BCUT2D eigenvalue weighted by molar-refractivity contribution is -0.141. The number of azide groups is 1. The maximum Gasteiger partial charge on any atom is 0.315 e. The number of carboxylic acids is 1. The van der Waals surface area contributed by atoms with Gasteiger partial charge in [-0.1, -0.05) is 5.11 Å². The first-order valence-electron chi connectivity index (χ1n) is 2.69. The Hall–Kier alpha value is -1.30. The molecule has 0 aromatic heterocycles. The van der Waals surface area contributed by atoms with Crippen LogP contribution in [0.4, 0.5) is 0 Å². The van der Waals surface area contributed by atoms with Crippen molar-refractivity contribution in [3.63, 3.8) is 0 Å². The number of carboxylic acid groups (broad SMARTS) is 1. The molecule has 0 aliphatic heterocycles. The Kier molecular flexibility index (Phi) is 3.97. The third-order valence-corrected chi connectivity index (χ3v) is 0.981. The van der Waals surface area contributed by atoms with E-state index in [9.17, 15) is 4.79 Å². The number of aliphatic hydroxyl groups is 2. The fourth-order valence-electron chi connectivity index (χ4n) is 0.446. The molecule has 2 atom stereocenters. The monoisotopic (exact) mass is 161 g/mol. The zero-order valence-electron chi connectivity index (χ0n) is 5.45. The molecule has 0 bridgehead atoms. The first-order chi connectivity index (χ1) is 5.13. The first-order valence-corrected chi connectivity index (χ1v) is 2.69. The minimum atomic E-state index is -1.62. The predicted octanol–water partition coefficient (Wildman–Crippen LogP) is -0.897. The summed E-state index contributed by atoms with van der Waals surface area (Å²) in [7, 11) is 0. The van der Waals surface area contributed by atoms with Gasteiger partial charge in [-0.3, -0.25) is 4.79 Å². The fraction of sp³-hybridized carbons (Fsp3) is 0.750. The second-order valence-electron chi connectivity index (χ2n) is 1.74. The Morgan fingerprint density at radius 3 is 2.55 bits per heavy atom. The molecule has 0 spiro atoms. The molecule has 0 saturated carbocycles. The molecule has 0 rings (SSSR count). The Morgan fingerprint density at radius 1 is 1.73 bits per heavy atom. The second-order valence-corrected chi connectivity index (χ2v) is 1.74. The molecule has 0 saturated heterocycles. The van der Waals surface area contributed by atoms with Gasteiger partial charge < -0.3 is 15.3 Å². The highest BCUT2D eigenvalue weighted by molar-refractivity contribution is 5.74. The molecule has 0 radical (unpaired) electrons. The summed E-state index contributed by atoms with van der Waals surface area (Å²) in [6, 6.07) is -1.62. The van der Waals surface area contributed by atoms with Crippen molar-refractivity contribution < 1.29 is 20.1 Å². The van der Waals surface area contributed by atoms with Crippen LogP contribution in [0.1, 0.15) is 0 Å². The highest BCUT2D eigenvalue weighted by Gasteiger charge is 2.24. The van der Waals surface area contributed by atoms with Gasteiger partial charge in [-0.2, -0.15) is 0 Å². The van der Waals surface area contributed by atoms with Crippen LogP contribution in [0.5, 0.6) is 0 Å². The molecule has 0 heterocycles. The van der Waals surface area contributed by atoms with Crippen molar-refractivity contribution in [2.45, 2.75) is 12.1 Å². The van der Waals surface area contributed by atoms with Gasteiger partial charge in [0, 0.05) is 4.91 Å². The Morgan fingerprint density at radius 2 is 2.27 bits per heavy atom. The van der Waals surface area contributed by atoms with E-state index in [0.717, 1.165) is 0 Å². The zero-order valence-corrected chi connectivity index (χ0v) is 5.45. The molecule has 0 aromatic carbocycles. The summed E-state index contributed by atoms with van der Waals surface area (Å²) in [5.41, 5.74) is 7.83. The van der Waals surface area contributed by atoms with E-state index >= 15 is 0 Å². The van der Waals surface area contributed by atoms with Crippen LogP contribution < -0.4 is 0 Å². The van der Waals surface area contributed by atoms with Gasteiger partial charge in [-0.25, -0.2) is 0 Å². The molecule has 0 aromatic rings. The third kappa shape index (κ3) is 2.85. The summed E-state index contributed by atoms with van der Waals surface area (Å²) in [6.07, 6.45) is -1.55. The standard InChI is InChI=1S/C4H7N3O4/c5-7-6-3(4(10)11)2(9)1-8/h2-3,8-9H,1H2,(H,10,11)/t2-,3+/m1/s1. The highest BCUT2D eigenvalue weighted by atomic mass is 16.4. The maximum absolute atomic E-state index is 10.2. The quantitative estimate of drug-likeness (QED) is 0.280. The van der Waals surface area contributed by atoms with Gasteiger partial charge in [0.05, 0.1) is 12.7 Å². The molecule has 11 heavy (non-hydrogen) atoms. The van der Waals surface area contributed by atoms with Crippen LogP contribution in [-0.4, -0.2) is 40.0 Å². The molecule has 62 valence electrons. The number of nitrogens with zero attached hydrogens (tertiary/aromatic N) is 3. The van der Waals surface area contributed by atoms with Crippen molar-refractivity contribution in [2.24, 2.45) is 5.11 Å². The molecule has 0 aliphatic rings. The summed E-state index contributed by atoms with van der Waals surface area (Å²) in [5.74, 6) is -1.47. The van der Waals surface area contributed by atoms with Crippen molar-refractivity contribution in [3.8, 4) is 0 Å². The van der Waals surface area contributed by atoms with Crippen LogP contribution in [0.15, 0.2) is 5.11 Å². The van der Waals surface area contributed by atoms with Crippen molar-refractivity contribution in [2.75, 3.05) is 6.61 Å². The van der Waals surface area contributed by atoms with E-state index in [0.29, 0.717) is 0 Å². The first kappa shape index (κ1) is 9.70. The Labute approximate surface area is 61.5 Å². The zero-order chi connectivity index (χ0) is 8.85. The highest BCUT2D eigenvalue weighted by Crippen LogP contribution is 1.98. The number of aliphatic carboxylic acids is 1. The maximum atomic E-state index is 10.2. The van der Waals surface area contributed by atoms with E-state index in [4.69, 9.17) is 20.9 Å². The van der Waals surface area contributed by atoms with Crippen molar-refractivity contribution >= 4 is 5.97 Å².